The van der Waals surface area contributed by atoms with Gasteiger partial charge < -0.3 is 10.6 Å². The van der Waals surface area contributed by atoms with E-state index in [1.165, 1.54) is 25.7 Å². The van der Waals surface area contributed by atoms with E-state index in [9.17, 15) is 0 Å². The zero-order chi connectivity index (χ0) is 12.7. The Hall–Kier alpha value is -0.670. The van der Waals surface area contributed by atoms with Crippen LogP contribution in [0, 0.1) is 11.8 Å². The Labute approximate surface area is 117 Å². The van der Waals surface area contributed by atoms with Gasteiger partial charge in [-0.05, 0) is 43.6 Å². The number of nitrogens with zero attached hydrogens (tertiary/aromatic N) is 1. The van der Waals surface area contributed by atoms with Crippen LogP contribution in [0.5, 0.6) is 0 Å². The van der Waals surface area contributed by atoms with E-state index in [-0.39, 0.29) is 0 Å². The molecule has 0 amide bonds. The summed E-state index contributed by atoms with van der Waals surface area (Å²) in [5.74, 6) is 3.05. The zero-order valence-electron chi connectivity index (χ0n) is 10.3. The van der Waals surface area contributed by atoms with Crippen molar-refractivity contribution in [2.24, 2.45) is 11.8 Å². The normalized spacial score (nSPS) is 19.1. The van der Waals surface area contributed by atoms with Gasteiger partial charge in [-0.3, -0.25) is 0 Å². The van der Waals surface area contributed by atoms with Crippen molar-refractivity contribution in [3.05, 3.63) is 16.1 Å². The first-order chi connectivity index (χ1) is 8.69. The number of aromatic nitrogens is 1. The van der Waals surface area contributed by atoms with Gasteiger partial charge in [-0.25, -0.2) is 4.98 Å². The van der Waals surface area contributed by atoms with Crippen LogP contribution in [0.4, 0.5) is 11.6 Å². The molecule has 0 aliphatic heterocycles. The molecule has 2 aliphatic rings. The molecule has 2 N–H and O–H groups in total. The molecule has 0 spiro atoms. The summed E-state index contributed by atoms with van der Waals surface area (Å²) in [5.41, 5.74) is 0. The molecule has 5 heteroatoms. The molecule has 0 unspecified atom stereocenters. The predicted octanol–water partition coefficient (Wildman–Crippen LogP) is 4.03. The van der Waals surface area contributed by atoms with Gasteiger partial charge in [0.15, 0.2) is 0 Å². The Bertz CT molecular complexity index is 444. The average Bonchev–Trinajstić information content (AvgIpc) is 3.21. The second-order valence-corrected chi connectivity index (χ2v) is 6.06. The fourth-order valence-corrected chi connectivity index (χ4v) is 2.94. The van der Waals surface area contributed by atoms with Gasteiger partial charge in [0.25, 0.3) is 0 Å². The Morgan fingerprint density at radius 2 is 1.67 bits per heavy atom. The van der Waals surface area contributed by atoms with Gasteiger partial charge in [0.05, 0.1) is 10.0 Å². The van der Waals surface area contributed by atoms with Gasteiger partial charge >= 0.3 is 0 Å². The maximum atomic E-state index is 6.22. The summed E-state index contributed by atoms with van der Waals surface area (Å²) < 4.78 is 0. The Morgan fingerprint density at radius 3 is 2.17 bits per heavy atom. The molecule has 0 saturated heterocycles. The first-order valence-electron chi connectivity index (χ1n) is 6.49. The fourth-order valence-electron chi connectivity index (χ4n) is 2.43. The third kappa shape index (κ3) is 2.52. The summed E-state index contributed by atoms with van der Waals surface area (Å²) in [4.78, 5) is 4.46. The molecule has 3 rings (SSSR count). The second kappa shape index (κ2) is 4.78. The molecule has 98 valence electrons. The largest absolute Gasteiger partial charge is 0.372 e. The Balaban J connectivity index is 1.82. The van der Waals surface area contributed by atoms with Crippen LogP contribution in [0.3, 0.4) is 0 Å². The van der Waals surface area contributed by atoms with Crippen molar-refractivity contribution in [3.63, 3.8) is 0 Å². The minimum atomic E-state index is 0.542. The Kier molecular flexibility index (Phi) is 3.29. The molecule has 1 aromatic rings. The van der Waals surface area contributed by atoms with E-state index in [4.69, 9.17) is 23.2 Å². The molecule has 1 heterocycles. The quantitative estimate of drug-likeness (QED) is 0.858. The van der Waals surface area contributed by atoms with Crippen LogP contribution in [0.2, 0.25) is 10.0 Å². The summed E-state index contributed by atoms with van der Waals surface area (Å²) in [6.45, 7) is 0. The van der Waals surface area contributed by atoms with E-state index in [2.05, 4.69) is 15.6 Å². The van der Waals surface area contributed by atoms with Crippen LogP contribution in [0.1, 0.15) is 25.7 Å². The van der Waals surface area contributed by atoms with E-state index >= 15 is 0 Å². The number of pyridine rings is 1. The first kappa shape index (κ1) is 12.4. The maximum absolute atomic E-state index is 6.22. The summed E-state index contributed by atoms with van der Waals surface area (Å²) in [6, 6.07) is 2.29. The van der Waals surface area contributed by atoms with Gasteiger partial charge in [-0.15, -0.1) is 0 Å². The molecule has 2 saturated carbocycles. The topological polar surface area (TPSA) is 37.0 Å². The minimum absolute atomic E-state index is 0.542. The number of hydrogen-bond donors (Lipinski definition) is 2. The zero-order valence-corrected chi connectivity index (χ0v) is 11.9. The lowest BCUT2D eigenvalue weighted by Crippen LogP contribution is -2.25. The molecule has 3 nitrogen and oxygen atoms in total. The second-order valence-electron chi connectivity index (χ2n) is 5.24. The van der Waals surface area contributed by atoms with Gasteiger partial charge in [0.1, 0.15) is 11.6 Å². The molecule has 2 aliphatic carbocycles. The van der Waals surface area contributed by atoms with Crippen molar-refractivity contribution in [2.75, 3.05) is 17.7 Å². The minimum Gasteiger partial charge on any atom is -0.372 e. The van der Waals surface area contributed by atoms with Crippen molar-refractivity contribution >= 4 is 34.8 Å². The maximum Gasteiger partial charge on any atom is 0.147 e. The van der Waals surface area contributed by atoms with E-state index in [0.717, 1.165) is 17.7 Å². The molecule has 1 aromatic heterocycles. The monoisotopic (exact) mass is 285 g/mol. The standard InChI is InChI=1S/C13H17Cl2N3/c1-16-12-9(14)6-10(15)13(18-12)17-11(7-2-3-7)8-4-5-8/h6-8,11H,2-5H2,1H3,(H2,16,17,18). The molecule has 0 aromatic carbocycles. The molecule has 18 heavy (non-hydrogen) atoms. The average molecular weight is 286 g/mol. The van der Waals surface area contributed by atoms with Crippen LogP contribution in [0.25, 0.3) is 0 Å². The van der Waals surface area contributed by atoms with Crippen LogP contribution < -0.4 is 10.6 Å². The highest BCUT2D eigenvalue weighted by molar-refractivity contribution is 6.37. The summed E-state index contributed by atoms with van der Waals surface area (Å²) in [7, 11) is 1.81. The first-order valence-corrected chi connectivity index (χ1v) is 7.25. The van der Waals surface area contributed by atoms with Gasteiger partial charge in [-0.2, -0.15) is 0 Å². The van der Waals surface area contributed by atoms with Crippen molar-refractivity contribution in [2.45, 2.75) is 31.7 Å². The van der Waals surface area contributed by atoms with E-state index in [1.807, 2.05) is 7.05 Å². The Morgan fingerprint density at radius 1 is 1.11 bits per heavy atom. The number of nitrogens with one attached hydrogen (secondary N) is 2. The van der Waals surface area contributed by atoms with Crippen LogP contribution in [0.15, 0.2) is 6.07 Å². The van der Waals surface area contributed by atoms with Crippen LogP contribution in [-0.2, 0) is 0 Å². The number of hydrogen-bond acceptors (Lipinski definition) is 3. The van der Waals surface area contributed by atoms with E-state index in [0.29, 0.717) is 21.9 Å². The van der Waals surface area contributed by atoms with Crippen molar-refractivity contribution < 1.29 is 0 Å². The molecule has 0 atom stereocenters. The summed E-state index contributed by atoms with van der Waals surface area (Å²) in [5, 5.41) is 7.68. The number of rotatable bonds is 5. The number of anilines is 2. The van der Waals surface area contributed by atoms with Gasteiger partial charge in [-0.1, -0.05) is 23.2 Å². The molecular weight excluding hydrogens is 269 g/mol. The van der Waals surface area contributed by atoms with Gasteiger partial charge in [0.2, 0.25) is 0 Å². The lowest BCUT2D eigenvalue weighted by Gasteiger charge is -2.20. The highest BCUT2D eigenvalue weighted by atomic mass is 35.5. The predicted molar refractivity (Wildman–Crippen MR) is 76.7 cm³/mol. The van der Waals surface area contributed by atoms with E-state index in [1.54, 1.807) is 6.07 Å². The van der Waals surface area contributed by atoms with Crippen molar-refractivity contribution in [1.82, 2.24) is 4.98 Å². The molecule has 0 radical (unpaired) electrons. The fraction of sp³-hybridized carbons (Fsp3) is 0.615. The third-order valence-electron chi connectivity index (χ3n) is 3.73. The molecular formula is C13H17Cl2N3. The van der Waals surface area contributed by atoms with Gasteiger partial charge in [0, 0.05) is 13.1 Å². The van der Waals surface area contributed by atoms with E-state index < -0.39 is 0 Å². The van der Waals surface area contributed by atoms with Crippen molar-refractivity contribution in [3.8, 4) is 0 Å². The highest BCUT2D eigenvalue weighted by Crippen LogP contribution is 2.46. The lowest BCUT2D eigenvalue weighted by molar-refractivity contribution is 0.566. The SMILES string of the molecule is CNc1nc(NC(C2CC2)C2CC2)c(Cl)cc1Cl. The molecule has 2 fully saturated rings. The summed E-state index contributed by atoms with van der Waals surface area (Å²) >= 11 is 12.3. The molecule has 0 bridgehead atoms. The lowest BCUT2D eigenvalue weighted by atomic mass is 10.1. The van der Waals surface area contributed by atoms with Crippen molar-refractivity contribution in [1.29, 1.82) is 0 Å². The van der Waals surface area contributed by atoms with Crippen LogP contribution in [-0.4, -0.2) is 18.1 Å². The van der Waals surface area contributed by atoms with Crippen LogP contribution >= 0.6 is 23.2 Å². The number of halogens is 2. The third-order valence-corrected chi connectivity index (χ3v) is 4.31. The highest BCUT2D eigenvalue weighted by Gasteiger charge is 2.41. The smallest absolute Gasteiger partial charge is 0.147 e. The summed E-state index contributed by atoms with van der Waals surface area (Å²) in [6.07, 6.45) is 5.33.